The third-order valence-electron chi connectivity index (χ3n) is 5.04. The smallest absolute Gasteiger partial charge is 0.321 e. The fraction of sp³-hybridized carbons (Fsp3) is 0.273. The first kappa shape index (κ1) is 20.9. The van der Waals surface area contributed by atoms with E-state index in [2.05, 4.69) is 15.5 Å². The van der Waals surface area contributed by atoms with Crippen molar-refractivity contribution in [2.45, 2.75) is 19.4 Å². The summed E-state index contributed by atoms with van der Waals surface area (Å²) in [7, 11) is 0. The third kappa shape index (κ3) is 5.40. The van der Waals surface area contributed by atoms with Gasteiger partial charge in [0.05, 0.1) is 5.92 Å². The van der Waals surface area contributed by atoms with E-state index in [-0.39, 0.29) is 30.4 Å². The number of esters is 1. The van der Waals surface area contributed by atoms with E-state index in [0.717, 1.165) is 11.3 Å². The molecule has 2 aromatic carbocycles. The molecule has 0 bridgehead atoms. The standard InChI is InChI=1S/C22H21ClN4O4/c23-17-8-6-15(7-9-17)20-26-25-19(31-20)14-30-21(28)16-10-12-27(13-11-16)22(29)24-18-4-2-1-3-5-18/h1-9,16H,10-14H2,(H,24,29). The number of piperidine rings is 1. The van der Waals surface area contributed by atoms with E-state index < -0.39 is 0 Å². The summed E-state index contributed by atoms with van der Waals surface area (Å²) >= 11 is 5.88. The monoisotopic (exact) mass is 440 g/mol. The van der Waals surface area contributed by atoms with E-state index in [4.69, 9.17) is 20.8 Å². The van der Waals surface area contributed by atoms with Gasteiger partial charge in [-0.05, 0) is 49.2 Å². The number of anilines is 1. The number of carbonyl (C=O) groups excluding carboxylic acids is 2. The lowest BCUT2D eigenvalue weighted by atomic mass is 9.97. The third-order valence-corrected chi connectivity index (χ3v) is 5.29. The highest BCUT2D eigenvalue weighted by molar-refractivity contribution is 6.30. The molecule has 1 aliphatic rings. The summed E-state index contributed by atoms with van der Waals surface area (Å²) in [5.41, 5.74) is 1.47. The molecule has 0 spiro atoms. The summed E-state index contributed by atoms with van der Waals surface area (Å²) in [6, 6.07) is 16.1. The largest absolute Gasteiger partial charge is 0.455 e. The number of nitrogens with zero attached hydrogens (tertiary/aromatic N) is 3. The van der Waals surface area contributed by atoms with Gasteiger partial charge in [-0.15, -0.1) is 10.2 Å². The number of aromatic nitrogens is 2. The van der Waals surface area contributed by atoms with Gasteiger partial charge in [-0.1, -0.05) is 29.8 Å². The lowest BCUT2D eigenvalue weighted by Gasteiger charge is -2.30. The van der Waals surface area contributed by atoms with E-state index in [1.807, 2.05) is 30.3 Å². The van der Waals surface area contributed by atoms with Gasteiger partial charge in [-0.3, -0.25) is 4.79 Å². The minimum atomic E-state index is -0.325. The molecule has 9 heteroatoms. The van der Waals surface area contributed by atoms with Gasteiger partial charge in [-0.2, -0.15) is 0 Å². The van der Waals surface area contributed by atoms with Crippen LogP contribution in [0.1, 0.15) is 18.7 Å². The van der Waals surface area contributed by atoms with Crippen LogP contribution in [0.5, 0.6) is 0 Å². The number of benzene rings is 2. The first-order chi connectivity index (χ1) is 15.1. The zero-order valence-electron chi connectivity index (χ0n) is 16.7. The maximum Gasteiger partial charge on any atom is 0.321 e. The Bertz CT molecular complexity index is 1030. The normalized spacial score (nSPS) is 14.3. The van der Waals surface area contributed by atoms with Crippen LogP contribution in [0.3, 0.4) is 0 Å². The molecule has 1 aliphatic heterocycles. The van der Waals surface area contributed by atoms with E-state index in [9.17, 15) is 9.59 Å². The molecule has 0 radical (unpaired) electrons. The molecule has 0 aliphatic carbocycles. The Labute approximate surface area is 184 Å². The number of para-hydroxylation sites is 1. The molecule has 3 aromatic rings. The first-order valence-corrected chi connectivity index (χ1v) is 10.3. The summed E-state index contributed by atoms with van der Waals surface area (Å²) < 4.78 is 10.9. The zero-order chi connectivity index (χ0) is 21.6. The molecular formula is C22H21ClN4O4. The zero-order valence-corrected chi connectivity index (χ0v) is 17.4. The summed E-state index contributed by atoms with van der Waals surface area (Å²) in [5.74, 6) is -0.0350. The Morgan fingerprint density at radius 1 is 1.06 bits per heavy atom. The molecule has 0 saturated carbocycles. The van der Waals surface area contributed by atoms with Crippen LogP contribution in [0.25, 0.3) is 11.5 Å². The van der Waals surface area contributed by atoms with Crippen molar-refractivity contribution in [2.75, 3.05) is 18.4 Å². The molecular weight excluding hydrogens is 420 g/mol. The predicted molar refractivity (Wildman–Crippen MR) is 114 cm³/mol. The molecule has 1 N–H and O–H groups in total. The number of halogens is 1. The fourth-order valence-electron chi connectivity index (χ4n) is 3.31. The molecule has 160 valence electrons. The van der Waals surface area contributed by atoms with Gasteiger partial charge < -0.3 is 19.4 Å². The highest BCUT2D eigenvalue weighted by Crippen LogP contribution is 2.22. The van der Waals surface area contributed by atoms with Crippen LogP contribution >= 0.6 is 11.6 Å². The van der Waals surface area contributed by atoms with E-state index in [1.54, 1.807) is 29.2 Å². The van der Waals surface area contributed by atoms with Gasteiger partial charge in [0.2, 0.25) is 5.89 Å². The maximum atomic E-state index is 12.4. The van der Waals surface area contributed by atoms with Gasteiger partial charge in [0.1, 0.15) is 0 Å². The van der Waals surface area contributed by atoms with Crippen molar-refractivity contribution in [2.24, 2.45) is 5.92 Å². The second kappa shape index (κ2) is 9.61. The van der Waals surface area contributed by atoms with Crippen LogP contribution < -0.4 is 5.32 Å². The minimum Gasteiger partial charge on any atom is -0.455 e. The number of likely N-dealkylation sites (tertiary alicyclic amines) is 1. The van der Waals surface area contributed by atoms with Crippen LogP contribution in [-0.4, -0.2) is 40.2 Å². The Hall–Kier alpha value is -3.39. The topological polar surface area (TPSA) is 97.6 Å². The highest BCUT2D eigenvalue weighted by atomic mass is 35.5. The van der Waals surface area contributed by atoms with E-state index in [0.29, 0.717) is 36.8 Å². The Balaban J connectivity index is 1.23. The Morgan fingerprint density at radius 2 is 1.77 bits per heavy atom. The average molecular weight is 441 g/mol. The van der Waals surface area contributed by atoms with Crippen molar-refractivity contribution in [1.82, 2.24) is 15.1 Å². The molecule has 1 aromatic heterocycles. The molecule has 2 heterocycles. The molecule has 4 rings (SSSR count). The van der Waals surface area contributed by atoms with Crippen LogP contribution in [0.4, 0.5) is 10.5 Å². The number of nitrogens with one attached hydrogen (secondary N) is 1. The van der Waals surface area contributed by atoms with E-state index in [1.165, 1.54) is 0 Å². The molecule has 0 atom stereocenters. The van der Waals surface area contributed by atoms with E-state index >= 15 is 0 Å². The van der Waals surface area contributed by atoms with Gasteiger partial charge in [0.15, 0.2) is 6.61 Å². The highest BCUT2D eigenvalue weighted by Gasteiger charge is 2.28. The Kier molecular flexibility index (Phi) is 6.47. The SMILES string of the molecule is O=C(OCc1nnc(-c2ccc(Cl)cc2)o1)C1CCN(C(=O)Nc2ccccc2)CC1. The molecule has 0 unspecified atom stereocenters. The van der Waals surface area contributed by atoms with Crippen molar-refractivity contribution >= 4 is 29.3 Å². The molecule has 1 saturated heterocycles. The summed E-state index contributed by atoms with van der Waals surface area (Å²) in [6.45, 7) is 0.882. The summed E-state index contributed by atoms with van der Waals surface area (Å²) in [6.07, 6.45) is 1.09. The molecule has 2 amide bonds. The quantitative estimate of drug-likeness (QED) is 0.591. The Morgan fingerprint density at radius 3 is 2.48 bits per heavy atom. The van der Waals surface area contributed by atoms with Crippen LogP contribution in [-0.2, 0) is 16.1 Å². The number of hydrogen-bond acceptors (Lipinski definition) is 6. The van der Waals surface area contributed by atoms with Crippen molar-refractivity contribution in [3.05, 3.63) is 65.5 Å². The van der Waals surface area contributed by atoms with Gasteiger partial charge >= 0.3 is 12.0 Å². The van der Waals surface area contributed by atoms with Crippen molar-refractivity contribution in [3.8, 4) is 11.5 Å². The second-order valence-electron chi connectivity index (χ2n) is 7.17. The van der Waals surface area contributed by atoms with Crippen molar-refractivity contribution < 1.29 is 18.7 Å². The number of urea groups is 1. The molecule has 31 heavy (non-hydrogen) atoms. The lowest BCUT2D eigenvalue weighted by Crippen LogP contribution is -2.42. The van der Waals surface area contributed by atoms with Crippen molar-refractivity contribution in [3.63, 3.8) is 0 Å². The van der Waals surface area contributed by atoms with Crippen LogP contribution in [0, 0.1) is 5.92 Å². The maximum absolute atomic E-state index is 12.4. The minimum absolute atomic E-state index is 0.0892. The number of rotatable bonds is 5. The number of ether oxygens (including phenoxy) is 1. The number of hydrogen-bond donors (Lipinski definition) is 1. The van der Waals surface area contributed by atoms with Crippen LogP contribution in [0.2, 0.25) is 5.02 Å². The lowest BCUT2D eigenvalue weighted by molar-refractivity contribution is -0.152. The summed E-state index contributed by atoms with van der Waals surface area (Å²) in [4.78, 5) is 26.5. The van der Waals surface area contributed by atoms with Gasteiger partial charge in [-0.25, -0.2) is 4.79 Å². The van der Waals surface area contributed by atoms with Crippen LogP contribution in [0.15, 0.2) is 59.0 Å². The van der Waals surface area contributed by atoms with Gasteiger partial charge in [0, 0.05) is 29.4 Å². The number of amides is 2. The average Bonchev–Trinajstić information content (AvgIpc) is 3.28. The predicted octanol–water partition coefficient (Wildman–Crippen LogP) is 4.38. The summed E-state index contributed by atoms with van der Waals surface area (Å²) in [5, 5.41) is 11.4. The molecule has 1 fully saturated rings. The molecule has 8 nitrogen and oxygen atoms in total. The van der Waals surface area contributed by atoms with Gasteiger partial charge in [0.25, 0.3) is 5.89 Å². The number of carbonyl (C=O) groups is 2. The van der Waals surface area contributed by atoms with Crippen molar-refractivity contribution in [1.29, 1.82) is 0 Å². The first-order valence-electron chi connectivity index (χ1n) is 9.94. The fourth-order valence-corrected chi connectivity index (χ4v) is 3.44. The second-order valence-corrected chi connectivity index (χ2v) is 7.61.